The normalized spacial score (nSPS) is 12.2. The molecule has 0 radical (unpaired) electrons. The van der Waals surface area contributed by atoms with Gasteiger partial charge in [-0.2, -0.15) is 0 Å². The molecule has 0 saturated carbocycles. The third kappa shape index (κ3) is 5.58. The predicted molar refractivity (Wildman–Crippen MR) is 95.0 cm³/mol. The maximum absolute atomic E-state index is 12.1. The van der Waals surface area contributed by atoms with Crippen molar-refractivity contribution in [2.45, 2.75) is 50.9 Å². The minimum atomic E-state index is -0.207. The molecule has 5 nitrogen and oxygen atoms in total. The van der Waals surface area contributed by atoms with Gasteiger partial charge < -0.3 is 5.32 Å². The third-order valence-electron chi connectivity index (χ3n) is 3.34. The van der Waals surface area contributed by atoms with Gasteiger partial charge in [-0.1, -0.05) is 11.8 Å². The SMILES string of the molecule is Cc1cc(C)nc(SC(C)C(=O)NCCCc2scnc2C)n1. The number of nitrogens with zero attached hydrogens (tertiary/aromatic N) is 3. The first kappa shape index (κ1) is 17.9. The summed E-state index contributed by atoms with van der Waals surface area (Å²) in [6, 6.07) is 1.93. The fourth-order valence-corrected chi connectivity index (χ4v) is 3.85. The summed E-state index contributed by atoms with van der Waals surface area (Å²) in [6.07, 6.45) is 1.88. The molecule has 0 spiro atoms. The van der Waals surface area contributed by atoms with Crippen molar-refractivity contribution >= 4 is 29.0 Å². The number of hydrogen-bond acceptors (Lipinski definition) is 6. The van der Waals surface area contributed by atoms with Crippen molar-refractivity contribution < 1.29 is 4.79 Å². The molecule has 124 valence electrons. The molecule has 0 aliphatic rings. The summed E-state index contributed by atoms with van der Waals surface area (Å²) in [6.45, 7) is 8.45. The van der Waals surface area contributed by atoms with E-state index in [0.29, 0.717) is 11.7 Å². The second-order valence-corrected chi connectivity index (χ2v) is 7.70. The Labute approximate surface area is 145 Å². The maximum Gasteiger partial charge on any atom is 0.233 e. The highest BCUT2D eigenvalue weighted by molar-refractivity contribution is 8.00. The first-order valence-corrected chi connectivity index (χ1v) is 9.37. The summed E-state index contributed by atoms with van der Waals surface area (Å²) in [5, 5.41) is 3.43. The van der Waals surface area contributed by atoms with Crippen LogP contribution in [-0.4, -0.2) is 32.7 Å². The molecule has 1 N–H and O–H groups in total. The van der Waals surface area contributed by atoms with E-state index in [1.54, 1.807) is 11.3 Å². The van der Waals surface area contributed by atoms with E-state index in [2.05, 4.69) is 20.3 Å². The lowest BCUT2D eigenvalue weighted by Crippen LogP contribution is -2.32. The lowest BCUT2D eigenvalue weighted by atomic mass is 10.2. The van der Waals surface area contributed by atoms with Crippen LogP contribution in [0.2, 0.25) is 0 Å². The van der Waals surface area contributed by atoms with Gasteiger partial charge >= 0.3 is 0 Å². The Morgan fingerprint density at radius 2 is 2.00 bits per heavy atom. The summed E-state index contributed by atoms with van der Waals surface area (Å²) >= 11 is 3.07. The number of amides is 1. The number of thioether (sulfide) groups is 1. The highest BCUT2D eigenvalue weighted by atomic mass is 32.2. The van der Waals surface area contributed by atoms with Crippen molar-refractivity contribution in [1.82, 2.24) is 20.3 Å². The van der Waals surface area contributed by atoms with Crippen LogP contribution in [0.1, 0.15) is 35.3 Å². The average Bonchev–Trinajstić information content (AvgIpc) is 2.87. The standard InChI is InChI=1S/C16H22N4OS2/c1-10-8-11(2)20-16(19-10)23-13(4)15(21)17-7-5-6-14-12(3)18-9-22-14/h8-9,13H,5-7H2,1-4H3,(H,17,21). The number of aryl methyl sites for hydroxylation is 4. The number of carbonyl (C=O) groups is 1. The van der Waals surface area contributed by atoms with E-state index in [-0.39, 0.29) is 11.2 Å². The fraction of sp³-hybridized carbons (Fsp3) is 0.500. The van der Waals surface area contributed by atoms with E-state index in [4.69, 9.17) is 0 Å². The predicted octanol–water partition coefficient (Wildman–Crippen LogP) is 3.09. The second-order valence-electron chi connectivity index (χ2n) is 5.45. The number of rotatable bonds is 7. The van der Waals surface area contributed by atoms with E-state index < -0.39 is 0 Å². The molecule has 2 aromatic rings. The Balaban J connectivity index is 1.75. The largest absolute Gasteiger partial charge is 0.355 e. The first-order valence-electron chi connectivity index (χ1n) is 7.61. The van der Waals surface area contributed by atoms with Gasteiger partial charge in [0.1, 0.15) is 0 Å². The zero-order valence-electron chi connectivity index (χ0n) is 13.9. The van der Waals surface area contributed by atoms with Gasteiger partial charge in [-0.15, -0.1) is 11.3 Å². The van der Waals surface area contributed by atoms with E-state index in [0.717, 1.165) is 29.9 Å². The van der Waals surface area contributed by atoms with Gasteiger partial charge in [0.25, 0.3) is 0 Å². The highest BCUT2D eigenvalue weighted by Crippen LogP contribution is 2.20. The van der Waals surface area contributed by atoms with Crippen molar-refractivity contribution in [3.8, 4) is 0 Å². The van der Waals surface area contributed by atoms with Gasteiger partial charge in [0.2, 0.25) is 5.91 Å². The van der Waals surface area contributed by atoms with Gasteiger partial charge in [-0.3, -0.25) is 4.79 Å². The molecule has 0 aliphatic heterocycles. The summed E-state index contributed by atoms with van der Waals surface area (Å²) in [5.74, 6) is 0.0267. The minimum Gasteiger partial charge on any atom is -0.355 e. The van der Waals surface area contributed by atoms with Gasteiger partial charge in [0, 0.05) is 22.8 Å². The Hall–Kier alpha value is -1.47. The Morgan fingerprint density at radius 3 is 2.61 bits per heavy atom. The van der Waals surface area contributed by atoms with Crippen LogP contribution in [-0.2, 0) is 11.2 Å². The highest BCUT2D eigenvalue weighted by Gasteiger charge is 2.16. The van der Waals surface area contributed by atoms with E-state index in [1.165, 1.54) is 16.6 Å². The molecular formula is C16H22N4OS2. The van der Waals surface area contributed by atoms with Crippen LogP contribution in [0.25, 0.3) is 0 Å². The summed E-state index contributed by atoms with van der Waals surface area (Å²) in [5.41, 5.74) is 4.81. The molecule has 2 heterocycles. The monoisotopic (exact) mass is 350 g/mol. The average molecular weight is 351 g/mol. The summed E-state index contributed by atoms with van der Waals surface area (Å²) in [4.78, 5) is 26.4. The van der Waals surface area contributed by atoms with Gasteiger partial charge in [-0.05, 0) is 46.6 Å². The van der Waals surface area contributed by atoms with E-state index in [1.807, 2.05) is 39.3 Å². The van der Waals surface area contributed by atoms with Crippen LogP contribution in [0.5, 0.6) is 0 Å². The molecule has 0 bridgehead atoms. The van der Waals surface area contributed by atoms with Gasteiger partial charge in [0.15, 0.2) is 5.16 Å². The number of thiazole rings is 1. The van der Waals surface area contributed by atoms with Crippen molar-refractivity contribution in [2.75, 3.05) is 6.54 Å². The molecule has 23 heavy (non-hydrogen) atoms. The minimum absolute atomic E-state index is 0.0267. The summed E-state index contributed by atoms with van der Waals surface area (Å²) < 4.78 is 0. The van der Waals surface area contributed by atoms with Crippen LogP contribution >= 0.6 is 23.1 Å². The van der Waals surface area contributed by atoms with E-state index in [9.17, 15) is 4.79 Å². The van der Waals surface area contributed by atoms with Crippen LogP contribution in [0.4, 0.5) is 0 Å². The maximum atomic E-state index is 12.1. The van der Waals surface area contributed by atoms with Crippen LogP contribution < -0.4 is 5.32 Å². The summed E-state index contributed by atoms with van der Waals surface area (Å²) in [7, 11) is 0. The van der Waals surface area contributed by atoms with Crippen LogP contribution in [0.15, 0.2) is 16.7 Å². The number of aromatic nitrogens is 3. The van der Waals surface area contributed by atoms with Gasteiger partial charge in [-0.25, -0.2) is 15.0 Å². The molecule has 0 aliphatic carbocycles. The van der Waals surface area contributed by atoms with Crippen molar-refractivity contribution in [2.24, 2.45) is 0 Å². The van der Waals surface area contributed by atoms with Crippen LogP contribution in [0.3, 0.4) is 0 Å². The molecular weight excluding hydrogens is 328 g/mol. The number of nitrogens with one attached hydrogen (secondary N) is 1. The smallest absolute Gasteiger partial charge is 0.233 e. The zero-order valence-corrected chi connectivity index (χ0v) is 15.6. The fourth-order valence-electron chi connectivity index (χ4n) is 2.13. The lowest BCUT2D eigenvalue weighted by molar-refractivity contribution is -0.120. The number of hydrogen-bond donors (Lipinski definition) is 1. The Morgan fingerprint density at radius 1 is 1.30 bits per heavy atom. The molecule has 1 atom stereocenters. The molecule has 0 fully saturated rings. The number of carbonyl (C=O) groups excluding carboxylic acids is 1. The van der Waals surface area contributed by atoms with Crippen molar-refractivity contribution in [1.29, 1.82) is 0 Å². The molecule has 1 unspecified atom stereocenters. The molecule has 0 saturated heterocycles. The molecule has 2 rings (SSSR count). The first-order chi connectivity index (χ1) is 11.0. The Kier molecular flexibility index (Phi) is 6.53. The van der Waals surface area contributed by atoms with Crippen LogP contribution in [0, 0.1) is 20.8 Å². The van der Waals surface area contributed by atoms with Crippen molar-refractivity contribution in [3.63, 3.8) is 0 Å². The molecule has 0 aromatic carbocycles. The van der Waals surface area contributed by atoms with Gasteiger partial charge in [0.05, 0.1) is 16.5 Å². The third-order valence-corrected chi connectivity index (χ3v) is 5.29. The molecule has 2 aromatic heterocycles. The zero-order chi connectivity index (χ0) is 16.8. The molecule has 1 amide bonds. The molecule has 7 heteroatoms. The Bertz CT molecular complexity index is 652. The van der Waals surface area contributed by atoms with E-state index >= 15 is 0 Å². The quantitative estimate of drug-likeness (QED) is 0.472. The lowest BCUT2D eigenvalue weighted by Gasteiger charge is -2.11. The topological polar surface area (TPSA) is 67.8 Å². The van der Waals surface area contributed by atoms with Crippen molar-refractivity contribution in [3.05, 3.63) is 33.5 Å². The second kappa shape index (κ2) is 8.40.